The molecule has 0 aliphatic carbocycles. The number of nitrogens with one attached hydrogen (secondary N) is 1. The SMILES string of the molecule is Cc1cccc(CCC(=O)NC2(CBr)CCOCC2)c1. The van der Waals surface area contributed by atoms with Gasteiger partial charge >= 0.3 is 0 Å². The maximum Gasteiger partial charge on any atom is 0.220 e. The average molecular weight is 340 g/mol. The first-order chi connectivity index (χ1) is 9.63. The molecule has 4 heteroatoms. The highest BCUT2D eigenvalue weighted by molar-refractivity contribution is 9.09. The molecule has 1 amide bonds. The van der Waals surface area contributed by atoms with Crippen LogP contribution < -0.4 is 5.32 Å². The van der Waals surface area contributed by atoms with Crippen molar-refractivity contribution < 1.29 is 9.53 Å². The average Bonchev–Trinajstić information content (AvgIpc) is 2.46. The first-order valence-corrected chi connectivity index (χ1v) is 8.26. The van der Waals surface area contributed by atoms with Gasteiger partial charge in [-0.15, -0.1) is 0 Å². The molecule has 1 heterocycles. The molecule has 0 bridgehead atoms. The minimum absolute atomic E-state index is 0.123. The Bertz CT molecular complexity index is 456. The summed E-state index contributed by atoms with van der Waals surface area (Å²) >= 11 is 3.53. The van der Waals surface area contributed by atoms with Gasteiger partial charge in [0.25, 0.3) is 0 Å². The zero-order valence-corrected chi connectivity index (χ0v) is 13.5. The highest BCUT2D eigenvalue weighted by atomic mass is 79.9. The summed E-state index contributed by atoms with van der Waals surface area (Å²) in [6.07, 6.45) is 3.10. The standard InChI is InChI=1S/C16H22BrNO2/c1-13-3-2-4-14(11-13)5-6-15(19)18-16(12-17)7-9-20-10-8-16/h2-4,11H,5-10,12H2,1H3,(H,18,19). The van der Waals surface area contributed by atoms with Gasteiger partial charge in [-0.3, -0.25) is 4.79 Å². The fourth-order valence-corrected chi connectivity index (χ4v) is 3.24. The van der Waals surface area contributed by atoms with Crippen LogP contribution in [0.25, 0.3) is 0 Å². The summed E-state index contributed by atoms with van der Waals surface area (Å²) in [5.74, 6) is 0.132. The number of halogens is 1. The van der Waals surface area contributed by atoms with Crippen molar-refractivity contribution in [2.75, 3.05) is 18.5 Å². The van der Waals surface area contributed by atoms with Crippen molar-refractivity contribution >= 4 is 21.8 Å². The molecule has 0 atom stereocenters. The second kappa shape index (κ2) is 7.23. The molecule has 0 unspecified atom stereocenters. The number of rotatable bonds is 5. The third-order valence-corrected chi connectivity index (χ3v) is 4.91. The van der Waals surface area contributed by atoms with E-state index in [4.69, 9.17) is 4.74 Å². The van der Waals surface area contributed by atoms with Gasteiger partial charge in [-0.1, -0.05) is 45.8 Å². The van der Waals surface area contributed by atoms with Gasteiger partial charge in [-0.25, -0.2) is 0 Å². The summed E-state index contributed by atoms with van der Waals surface area (Å²) < 4.78 is 5.38. The summed E-state index contributed by atoms with van der Waals surface area (Å²) in [7, 11) is 0. The number of ether oxygens (including phenoxy) is 1. The van der Waals surface area contributed by atoms with Gasteiger partial charge in [0.2, 0.25) is 5.91 Å². The zero-order chi connectivity index (χ0) is 14.4. The smallest absolute Gasteiger partial charge is 0.220 e. The lowest BCUT2D eigenvalue weighted by Crippen LogP contribution is -2.53. The second-order valence-electron chi connectivity index (χ2n) is 5.56. The van der Waals surface area contributed by atoms with E-state index in [-0.39, 0.29) is 11.4 Å². The second-order valence-corrected chi connectivity index (χ2v) is 6.12. The van der Waals surface area contributed by atoms with E-state index < -0.39 is 0 Å². The molecule has 110 valence electrons. The Morgan fingerprint density at radius 1 is 1.40 bits per heavy atom. The Morgan fingerprint density at radius 3 is 2.80 bits per heavy atom. The molecule has 1 saturated heterocycles. The normalized spacial score (nSPS) is 17.7. The molecule has 1 aliphatic heterocycles. The Kier molecular flexibility index (Phi) is 5.61. The van der Waals surface area contributed by atoms with E-state index in [9.17, 15) is 4.79 Å². The van der Waals surface area contributed by atoms with E-state index in [2.05, 4.69) is 46.4 Å². The molecule has 0 saturated carbocycles. The van der Waals surface area contributed by atoms with Gasteiger partial charge in [0.05, 0.1) is 5.54 Å². The molecule has 1 aromatic carbocycles. The van der Waals surface area contributed by atoms with Crippen LogP contribution in [0.2, 0.25) is 0 Å². The number of hydrogen-bond donors (Lipinski definition) is 1. The summed E-state index contributed by atoms with van der Waals surface area (Å²) in [5, 5.41) is 3.99. The number of benzene rings is 1. The number of aryl methyl sites for hydroxylation is 2. The van der Waals surface area contributed by atoms with E-state index in [0.29, 0.717) is 6.42 Å². The van der Waals surface area contributed by atoms with Gasteiger partial charge in [0.15, 0.2) is 0 Å². The van der Waals surface area contributed by atoms with Crippen molar-refractivity contribution in [2.45, 2.75) is 38.1 Å². The lowest BCUT2D eigenvalue weighted by atomic mass is 9.92. The van der Waals surface area contributed by atoms with Crippen LogP contribution in [0.3, 0.4) is 0 Å². The topological polar surface area (TPSA) is 38.3 Å². The van der Waals surface area contributed by atoms with Crippen molar-refractivity contribution in [3.8, 4) is 0 Å². The molecule has 1 fully saturated rings. The summed E-state index contributed by atoms with van der Waals surface area (Å²) in [6, 6.07) is 8.34. The van der Waals surface area contributed by atoms with Gasteiger partial charge in [0.1, 0.15) is 0 Å². The Balaban J connectivity index is 1.85. The third-order valence-electron chi connectivity index (χ3n) is 3.83. The highest BCUT2D eigenvalue weighted by Crippen LogP contribution is 2.23. The fraction of sp³-hybridized carbons (Fsp3) is 0.562. The molecule has 2 rings (SSSR count). The maximum absolute atomic E-state index is 12.2. The van der Waals surface area contributed by atoms with Gasteiger partial charge < -0.3 is 10.1 Å². The molecule has 3 nitrogen and oxygen atoms in total. The van der Waals surface area contributed by atoms with Gasteiger partial charge in [-0.2, -0.15) is 0 Å². The molecular formula is C16H22BrNO2. The summed E-state index contributed by atoms with van der Waals surface area (Å²) in [5.41, 5.74) is 2.34. The quantitative estimate of drug-likeness (QED) is 0.837. The van der Waals surface area contributed by atoms with Gasteiger partial charge in [0, 0.05) is 25.0 Å². The number of amides is 1. The van der Waals surface area contributed by atoms with Crippen molar-refractivity contribution in [1.29, 1.82) is 0 Å². The Morgan fingerprint density at radius 2 is 2.15 bits per heavy atom. The number of alkyl halides is 1. The van der Waals surface area contributed by atoms with Crippen molar-refractivity contribution in [3.63, 3.8) is 0 Å². The number of carbonyl (C=O) groups is 1. The van der Waals surface area contributed by atoms with E-state index in [1.165, 1.54) is 11.1 Å². The lowest BCUT2D eigenvalue weighted by Gasteiger charge is -2.36. The van der Waals surface area contributed by atoms with Crippen LogP contribution in [-0.4, -0.2) is 30.0 Å². The van der Waals surface area contributed by atoms with Crippen LogP contribution in [0.1, 0.15) is 30.4 Å². The largest absolute Gasteiger partial charge is 0.381 e. The number of hydrogen-bond acceptors (Lipinski definition) is 2. The van der Waals surface area contributed by atoms with Crippen LogP contribution in [0.15, 0.2) is 24.3 Å². The Hall–Kier alpha value is -0.870. The first-order valence-electron chi connectivity index (χ1n) is 7.14. The molecule has 1 aromatic rings. The molecule has 0 aromatic heterocycles. The van der Waals surface area contributed by atoms with Crippen LogP contribution in [0, 0.1) is 6.92 Å². The molecule has 20 heavy (non-hydrogen) atoms. The predicted molar refractivity (Wildman–Crippen MR) is 84.2 cm³/mol. The maximum atomic E-state index is 12.2. The van der Waals surface area contributed by atoms with E-state index >= 15 is 0 Å². The van der Waals surface area contributed by atoms with Gasteiger partial charge in [-0.05, 0) is 31.7 Å². The van der Waals surface area contributed by atoms with E-state index in [1.54, 1.807) is 0 Å². The molecule has 1 aliphatic rings. The van der Waals surface area contributed by atoms with E-state index in [1.807, 2.05) is 6.07 Å². The lowest BCUT2D eigenvalue weighted by molar-refractivity contribution is -0.123. The monoisotopic (exact) mass is 339 g/mol. The Labute approximate surface area is 129 Å². The summed E-state index contributed by atoms with van der Waals surface area (Å²) in [4.78, 5) is 12.2. The van der Waals surface area contributed by atoms with Crippen LogP contribution >= 0.6 is 15.9 Å². The van der Waals surface area contributed by atoms with Crippen LogP contribution in [-0.2, 0) is 16.0 Å². The third kappa shape index (κ3) is 4.32. The van der Waals surface area contributed by atoms with Crippen LogP contribution in [0.5, 0.6) is 0 Å². The minimum atomic E-state index is -0.123. The van der Waals surface area contributed by atoms with Crippen molar-refractivity contribution in [1.82, 2.24) is 5.32 Å². The van der Waals surface area contributed by atoms with Crippen molar-refractivity contribution in [3.05, 3.63) is 35.4 Å². The van der Waals surface area contributed by atoms with Crippen molar-refractivity contribution in [2.24, 2.45) is 0 Å². The molecule has 0 spiro atoms. The first kappa shape index (κ1) is 15.5. The number of carbonyl (C=O) groups excluding carboxylic acids is 1. The predicted octanol–water partition coefficient (Wildman–Crippen LogP) is 2.99. The fourth-order valence-electron chi connectivity index (χ4n) is 2.54. The molecule has 1 N–H and O–H groups in total. The molecular weight excluding hydrogens is 318 g/mol. The zero-order valence-electron chi connectivity index (χ0n) is 12.0. The summed E-state index contributed by atoms with van der Waals surface area (Å²) in [6.45, 7) is 3.53. The van der Waals surface area contributed by atoms with Crippen LogP contribution in [0.4, 0.5) is 0 Å². The molecule has 0 radical (unpaired) electrons. The highest BCUT2D eigenvalue weighted by Gasteiger charge is 2.32. The van der Waals surface area contributed by atoms with E-state index in [0.717, 1.165) is 37.8 Å². The minimum Gasteiger partial charge on any atom is -0.381 e.